The van der Waals surface area contributed by atoms with Crippen LogP contribution in [0.4, 0.5) is 0 Å². The predicted octanol–water partition coefficient (Wildman–Crippen LogP) is 3.86. The molecule has 112 valence electrons. The molecule has 4 rings (SSSR count). The second-order valence-corrected chi connectivity index (χ2v) is 7.51. The van der Waals surface area contributed by atoms with Gasteiger partial charge in [-0.05, 0) is 47.6 Å². The fraction of sp³-hybridized carbons (Fsp3) is 0.556. The summed E-state index contributed by atoms with van der Waals surface area (Å²) in [7, 11) is 0. The maximum absolute atomic E-state index is 3.79. The molecule has 1 aromatic heterocycles. The van der Waals surface area contributed by atoms with Crippen molar-refractivity contribution >= 4 is 21.4 Å². The van der Waals surface area contributed by atoms with Gasteiger partial charge >= 0.3 is 0 Å². The van der Waals surface area contributed by atoms with Crippen molar-refractivity contribution in [2.45, 2.75) is 44.8 Å². The summed E-state index contributed by atoms with van der Waals surface area (Å²) in [6.07, 6.45) is 4.11. The van der Waals surface area contributed by atoms with Crippen LogP contribution in [0, 0.1) is 5.92 Å². The molecule has 1 saturated carbocycles. The Morgan fingerprint density at radius 1 is 1.29 bits per heavy atom. The molecule has 1 N–H and O–H groups in total. The molecule has 21 heavy (non-hydrogen) atoms. The van der Waals surface area contributed by atoms with Gasteiger partial charge < -0.3 is 5.32 Å². The van der Waals surface area contributed by atoms with Gasteiger partial charge in [0.25, 0.3) is 0 Å². The first kappa shape index (κ1) is 13.7. The van der Waals surface area contributed by atoms with E-state index >= 15 is 0 Å². The lowest BCUT2D eigenvalue weighted by Crippen LogP contribution is -2.56. The molecule has 2 atom stereocenters. The molecule has 0 radical (unpaired) electrons. The Morgan fingerprint density at radius 2 is 2.14 bits per heavy atom. The average molecular weight is 300 g/mol. The SMILES string of the molecule is CCC1CNC(C2CC2)CN1Cc1csc2ccccc12. The van der Waals surface area contributed by atoms with Gasteiger partial charge in [0.15, 0.2) is 0 Å². The summed E-state index contributed by atoms with van der Waals surface area (Å²) in [5, 5.41) is 7.61. The molecule has 1 saturated heterocycles. The van der Waals surface area contributed by atoms with Crippen LogP contribution in [-0.2, 0) is 6.54 Å². The Labute approximate surface area is 131 Å². The molecule has 1 aliphatic carbocycles. The molecule has 1 aliphatic heterocycles. The Hall–Kier alpha value is -0.900. The first-order valence-corrected chi connectivity index (χ1v) is 9.15. The smallest absolute Gasteiger partial charge is 0.0346 e. The third kappa shape index (κ3) is 2.75. The highest BCUT2D eigenvalue weighted by atomic mass is 32.1. The van der Waals surface area contributed by atoms with Gasteiger partial charge in [-0.1, -0.05) is 25.1 Å². The summed E-state index contributed by atoms with van der Waals surface area (Å²) in [6.45, 7) is 5.84. The van der Waals surface area contributed by atoms with E-state index in [4.69, 9.17) is 0 Å². The van der Waals surface area contributed by atoms with Gasteiger partial charge in [0.05, 0.1) is 0 Å². The number of benzene rings is 1. The second kappa shape index (κ2) is 5.71. The van der Waals surface area contributed by atoms with Gasteiger partial charge in [0.2, 0.25) is 0 Å². The van der Waals surface area contributed by atoms with E-state index in [1.165, 1.54) is 48.0 Å². The number of hydrogen-bond acceptors (Lipinski definition) is 3. The van der Waals surface area contributed by atoms with Crippen LogP contribution in [0.3, 0.4) is 0 Å². The van der Waals surface area contributed by atoms with Gasteiger partial charge in [-0.15, -0.1) is 11.3 Å². The minimum absolute atomic E-state index is 0.693. The van der Waals surface area contributed by atoms with E-state index in [0.717, 1.165) is 18.5 Å². The minimum Gasteiger partial charge on any atom is -0.311 e. The molecule has 2 aromatic rings. The molecule has 2 heterocycles. The molecule has 2 fully saturated rings. The number of thiophene rings is 1. The van der Waals surface area contributed by atoms with Crippen molar-refractivity contribution in [2.75, 3.05) is 13.1 Å². The lowest BCUT2D eigenvalue weighted by atomic mass is 10.0. The largest absolute Gasteiger partial charge is 0.311 e. The van der Waals surface area contributed by atoms with E-state index in [2.05, 4.69) is 46.8 Å². The van der Waals surface area contributed by atoms with Gasteiger partial charge in [-0.3, -0.25) is 4.90 Å². The van der Waals surface area contributed by atoms with E-state index in [0.29, 0.717) is 6.04 Å². The first-order chi connectivity index (χ1) is 10.3. The Balaban J connectivity index is 1.55. The zero-order chi connectivity index (χ0) is 14.2. The van der Waals surface area contributed by atoms with Crippen molar-refractivity contribution in [1.29, 1.82) is 0 Å². The van der Waals surface area contributed by atoms with Crippen LogP contribution in [0.1, 0.15) is 31.7 Å². The summed E-state index contributed by atoms with van der Waals surface area (Å²) in [5.74, 6) is 0.949. The molecule has 2 nitrogen and oxygen atoms in total. The zero-order valence-corrected chi connectivity index (χ0v) is 13.5. The third-order valence-corrected chi connectivity index (χ3v) is 6.17. The maximum atomic E-state index is 3.79. The molecule has 0 spiro atoms. The first-order valence-electron chi connectivity index (χ1n) is 8.27. The summed E-state index contributed by atoms with van der Waals surface area (Å²) >= 11 is 1.89. The Bertz CT molecular complexity index is 616. The predicted molar refractivity (Wildman–Crippen MR) is 90.8 cm³/mol. The van der Waals surface area contributed by atoms with Crippen molar-refractivity contribution in [1.82, 2.24) is 10.2 Å². The highest BCUT2D eigenvalue weighted by Crippen LogP contribution is 2.35. The molecular weight excluding hydrogens is 276 g/mol. The molecule has 2 aliphatic rings. The van der Waals surface area contributed by atoms with Crippen molar-refractivity contribution in [3.05, 3.63) is 35.2 Å². The van der Waals surface area contributed by atoms with E-state index in [1.807, 2.05) is 11.3 Å². The van der Waals surface area contributed by atoms with Gasteiger partial charge in [0.1, 0.15) is 0 Å². The number of fused-ring (bicyclic) bond motifs is 1. The molecule has 3 heteroatoms. The average Bonchev–Trinajstić information content (AvgIpc) is 3.30. The maximum Gasteiger partial charge on any atom is 0.0346 e. The van der Waals surface area contributed by atoms with Gasteiger partial charge in [-0.2, -0.15) is 0 Å². The monoisotopic (exact) mass is 300 g/mol. The van der Waals surface area contributed by atoms with Crippen LogP contribution in [0.25, 0.3) is 10.1 Å². The topological polar surface area (TPSA) is 15.3 Å². The van der Waals surface area contributed by atoms with E-state index in [1.54, 1.807) is 0 Å². The van der Waals surface area contributed by atoms with E-state index in [9.17, 15) is 0 Å². The van der Waals surface area contributed by atoms with Crippen LogP contribution in [0.2, 0.25) is 0 Å². The van der Waals surface area contributed by atoms with Crippen LogP contribution in [0.15, 0.2) is 29.6 Å². The Kier molecular flexibility index (Phi) is 3.74. The summed E-state index contributed by atoms with van der Waals surface area (Å²) < 4.78 is 1.43. The fourth-order valence-corrected chi connectivity index (χ4v) is 4.62. The third-order valence-electron chi connectivity index (χ3n) is 5.16. The molecule has 0 bridgehead atoms. The van der Waals surface area contributed by atoms with Gasteiger partial charge in [0, 0.05) is 36.4 Å². The number of rotatable bonds is 4. The fourth-order valence-electron chi connectivity index (χ4n) is 3.67. The molecular formula is C18H24N2S. The highest BCUT2D eigenvalue weighted by Gasteiger charge is 2.36. The number of hydrogen-bond donors (Lipinski definition) is 1. The number of nitrogens with zero attached hydrogens (tertiary/aromatic N) is 1. The lowest BCUT2D eigenvalue weighted by molar-refractivity contribution is 0.112. The summed E-state index contributed by atoms with van der Waals surface area (Å²) in [5.41, 5.74) is 1.52. The second-order valence-electron chi connectivity index (χ2n) is 6.60. The standard InChI is InChI=1S/C18H24N2S/c1-2-15-9-19-17(13-7-8-13)11-20(15)10-14-12-21-18-6-4-3-5-16(14)18/h3-6,12-13,15,17,19H,2,7-11H2,1H3. The van der Waals surface area contributed by atoms with Crippen molar-refractivity contribution in [3.8, 4) is 0 Å². The van der Waals surface area contributed by atoms with Crippen LogP contribution < -0.4 is 5.32 Å². The van der Waals surface area contributed by atoms with Crippen molar-refractivity contribution in [3.63, 3.8) is 0 Å². The lowest BCUT2D eigenvalue weighted by Gasteiger charge is -2.40. The Morgan fingerprint density at radius 3 is 2.95 bits per heavy atom. The zero-order valence-electron chi connectivity index (χ0n) is 12.7. The normalized spacial score (nSPS) is 27.3. The van der Waals surface area contributed by atoms with Crippen LogP contribution in [-0.4, -0.2) is 30.1 Å². The molecule has 0 amide bonds. The van der Waals surface area contributed by atoms with E-state index in [-0.39, 0.29) is 0 Å². The quantitative estimate of drug-likeness (QED) is 0.922. The van der Waals surface area contributed by atoms with E-state index < -0.39 is 0 Å². The van der Waals surface area contributed by atoms with Gasteiger partial charge in [-0.25, -0.2) is 0 Å². The number of nitrogens with one attached hydrogen (secondary N) is 1. The van der Waals surface area contributed by atoms with Crippen LogP contribution in [0.5, 0.6) is 0 Å². The van der Waals surface area contributed by atoms with Crippen molar-refractivity contribution < 1.29 is 0 Å². The summed E-state index contributed by atoms with van der Waals surface area (Å²) in [4.78, 5) is 2.73. The minimum atomic E-state index is 0.693. The summed E-state index contributed by atoms with van der Waals surface area (Å²) in [6, 6.07) is 10.3. The molecule has 1 aromatic carbocycles. The van der Waals surface area contributed by atoms with Crippen LogP contribution >= 0.6 is 11.3 Å². The highest BCUT2D eigenvalue weighted by molar-refractivity contribution is 7.17. The molecule has 2 unspecified atom stereocenters. The van der Waals surface area contributed by atoms with Crippen molar-refractivity contribution in [2.24, 2.45) is 5.92 Å². The number of piperazine rings is 1.